The van der Waals surface area contributed by atoms with Gasteiger partial charge in [0.2, 0.25) is 5.91 Å². The first-order valence-electron chi connectivity index (χ1n) is 9.77. The Morgan fingerprint density at radius 1 is 0.968 bits per heavy atom. The van der Waals surface area contributed by atoms with Crippen LogP contribution in [0.4, 0.5) is 11.4 Å². The summed E-state index contributed by atoms with van der Waals surface area (Å²) >= 11 is 1.67. The van der Waals surface area contributed by atoms with E-state index in [1.807, 2.05) is 60.9 Å². The lowest BCUT2D eigenvalue weighted by molar-refractivity contribution is -0.114. The quantitative estimate of drug-likeness (QED) is 0.450. The molecular formula is C25H21N3O2S. The van der Waals surface area contributed by atoms with E-state index in [9.17, 15) is 9.59 Å². The number of nitrogens with zero attached hydrogens (tertiary/aromatic N) is 2. The molecule has 4 rings (SSSR count). The number of rotatable bonds is 5. The van der Waals surface area contributed by atoms with Crippen LogP contribution in [0, 0.1) is 0 Å². The highest BCUT2D eigenvalue weighted by molar-refractivity contribution is 7.98. The number of amides is 2. The predicted molar refractivity (Wildman–Crippen MR) is 127 cm³/mol. The molecule has 2 amide bonds. The van der Waals surface area contributed by atoms with Gasteiger partial charge < -0.3 is 5.32 Å². The Bertz CT molecular complexity index is 1170. The minimum atomic E-state index is -0.194. The first kappa shape index (κ1) is 20.6. The standard InChI is InChI=1S/C25H21N3O2S/c1-17(29)26-20-10-12-21(13-11-20)28-24(19-6-4-3-5-7-19)27-23(25(28)30)16-18-8-14-22(31-2)15-9-18/h3-16H,1-2H3,(H,26,29)/b23-16-. The monoisotopic (exact) mass is 427 g/mol. The molecule has 1 heterocycles. The second-order valence-corrected chi connectivity index (χ2v) is 7.85. The molecule has 0 bridgehead atoms. The van der Waals surface area contributed by atoms with Crippen molar-refractivity contribution >= 4 is 46.9 Å². The zero-order chi connectivity index (χ0) is 21.8. The minimum Gasteiger partial charge on any atom is -0.326 e. The van der Waals surface area contributed by atoms with Gasteiger partial charge in [-0.2, -0.15) is 0 Å². The highest BCUT2D eigenvalue weighted by Crippen LogP contribution is 2.29. The third kappa shape index (κ3) is 4.59. The number of benzene rings is 3. The van der Waals surface area contributed by atoms with Crippen LogP contribution >= 0.6 is 11.8 Å². The zero-order valence-corrected chi connectivity index (χ0v) is 18.0. The van der Waals surface area contributed by atoms with E-state index < -0.39 is 0 Å². The summed E-state index contributed by atoms with van der Waals surface area (Å²) in [6, 6.07) is 24.8. The molecule has 0 aliphatic carbocycles. The van der Waals surface area contributed by atoms with E-state index >= 15 is 0 Å². The lowest BCUT2D eigenvalue weighted by Gasteiger charge is -2.19. The van der Waals surface area contributed by atoms with Crippen molar-refractivity contribution in [2.45, 2.75) is 11.8 Å². The maximum Gasteiger partial charge on any atom is 0.282 e. The molecule has 0 aromatic heterocycles. The summed E-state index contributed by atoms with van der Waals surface area (Å²) in [5.74, 6) is 0.235. The first-order chi connectivity index (χ1) is 15.0. The van der Waals surface area contributed by atoms with Crippen molar-refractivity contribution in [2.24, 2.45) is 4.99 Å². The fourth-order valence-corrected chi connectivity index (χ4v) is 3.70. The summed E-state index contributed by atoms with van der Waals surface area (Å²) in [4.78, 5) is 32.1. The summed E-state index contributed by atoms with van der Waals surface area (Å²) in [5.41, 5.74) is 3.50. The van der Waals surface area contributed by atoms with Gasteiger partial charge in [0, 0.05) is 23.1 Å². The second-order valence-electron chi connectivity index (χ2n) is 6.97. The molecule has 0 fully saturated rings. The predicted octanol–water partition coefficient (Wildman–Crippen LogP) is 5.20. The van der Waals surface area contributed by atoms with Crippen LogP contribution in [0.3, 0.4) is 0 Å². The third-order valence-electron chi connectivity index (χ3n) is 4.76. The molecule has 0 radical (unpaired) electrons. The van der Waals surface area contributed by atoms with Crippen molar-refractivity contribution in [1.82, 2.24) is 0 Å². The van der Waals surface area contributed by atoms with E-state index in [1.54, 1.807) is 47.0 Å². The largest absolute Gasteiger partial charge is 0.326 e. The first-order valence-corrected chi connectivity index (χ1v) is 11.0. The van der Waals surface area contributed by atoms with Gasteiger partial charge in [0.15, 0.2) is 0 Å². The van der Waals surface area contributed by atoms with Crippen LogP contribution in [0.1, 0.15) is 18.1 Å². The second kappa shape index (κ2) is 9.02. The maximum atomic E-state index is 13.3. The summed E-state index contributed by atoms with van der Waals surface area (Å²) in [7, 11) is 0. The Kier molecular flexibility index (Phi) is 6.00. The topological polar surface area (TPSA) is 61.8 Å². The van der Waals surface area contributed by atoms with Crippen molar-refractivity contribution in [2.75, 3.05) is 16.5 Å². The van der Waals surface area contributed by atoms with Gasteiger partial charge in [-0.1, -0.05) is 42.5 Å². The van der Waals surface area contributed by atoms with Gasteiger partial charge in [0.1, 0.15) is 11.5 Å². The van der Waals surface area contributed by atoms with Gasteiger partial charge in [-0.05, 0) is 54.3 Å². The number of carbonyl (C=O) groups excluding carboxylic acids is 2. The van der Waals surface area contributed by atoms with Crippen LogP contribution in [0.15, 0.2) is 94.4 Å². The van der Waals surface area contributed by atoms with Crippen LogP contribution in [-0.4, -0.2) is 23.9 Å². The van der Waals surface area contributed by atoms with E-state index in [0.29, 0.717) is 22.9 Å². The van der Waals surface area contributed by atoms with Crippen molar-refractivity contribution in [3.8, 4) is 0 Å². The molecule has 0 saturated carbocycles. The third-order valence-corrected chi connectivity index (χ3v) is 5.50. The van der Waals surface area contributed by atoms with Gasteiger partial charge in [-0.25, -0.2) is 4.99 Å². The average Bonchev–Trinajstić information content (AvgIpc) is 3.11. The molecule has 0 spiro atoms. The fraction of sp³-hybridized carbons (Fsp3) is 0.0800. The molecule has 1 aliphatic heterocycles. The summed E-state index contributed by atoms with van der Waals surface area (Å²) in [6.07, 6.45) is 3.83. The molecule has 154 valence electrons. The highest BCUT2D eigenvalue weighted by atomic mass is 32.2. The van der Waals surface area contributed by atoms with Crippen molar-refractivity contribution in [1.29, 1.82) is 0 Å². The molecule has 1 aliphatic rings. The number of carbonyl (C=O) groups is 2. The molecule has 3 aromatic rings. The molecule has 3 aromatic carbocycles. The lowest BCUT2D eigenvalue weighted by Crippen LogP contribution is -2.32. The van der Waals surface area contributed by atoms with Crippen molar-refractivity contribution < 1.29 is 9.59 Å². The Morgan fingerprint density at radius 2 is 1.65 bits per heavy atom. The SMILES string of the molecule is CSc1ccc(/C=C2\N=C(c3ccccc3)N(c3ccc(NC(C)=O)cc3)C2=O)cc1. The van der Waals surface area contributed by atoms with E-state index in [0.717, 1.165) is 16.0 Å². The summed E-state index contributed by atoms with van der Waals surface area (Å²) in [6.45, 7) is 1.46. The number of aliphatic imine (C=N–C) groups is 1. The molecule has 1 N–H and O–H groups in total. The number of hydrogen-bond acceptors (Lipinski definition) is 4. The van der Waals surface area contributed by atoms with Crippen LogP contribution in [0.2, 0.25) is 0 Å². The lowest BCUT2D eigenvalue weighted by atomic mass is 10.1. The molecular weight excluding hydrogens is 406 g/mol. The number of hydrogen-bond donors (Lipinski definition) is 1. The zero-order valence-electron chi connectivity index (χ0n) is 17.2. The Balaban J connectivity index is 1.73. The fourth-order valence-electron chi connectivity index (χ4n) is 3.29. The van der Waals surface area contributed by atoms with Gasteiger partial charge >= 0.3 is 0 Å². The summed E-state index contributed by atoms with van der Waals surface area (Å²) < 4.78 is 0. The average molecular weight is 428 g/mol. The van der Waals surface area contributed by atoms with Crippen molar-refractivity contribution in [3.05, 3.63) is 95.7 Å². The molecule has 0 saturated heterocycles. The minimum absolute atomic E-state index is 0.144. The van der Waals surface area contributed by atoms with Crippen molar-refractivity contribution in [3.63, 3.8) is 0 Å². The molecule has 31 heavy (non-hydrogen) atoms. The highest BCUT2D eigenvalue weighted by Gasteiger charge is 2.32. The van der Waals surface area contributed by atoms with Gasteiger partial charge in [0.25, 0.3) is 5.91 Å². The van der Waals surface area contributed by atoms with Gasteiger partial charge in [-0.15, -0.1) is 11.8 Å². The molecule has 5 nitrogen and oxygen atoms in total. The van der Waals surface area contributed by atoms with E-state index in [-0.39, 0.29) is 11.8 Å². The van der Waals surface area contributed by atoms with E-state index in [2.05, 4.69) is 10.3 Å². The smallest absolute Gasteiger partial charge is 0.282 e. The Hall–Kier alpha value is -3.64. The van der Waals surface area contributed by atoms with Crippen LogP contribution < -0.4 is 10.2 Å². The number of nitrogens with one attached hydrogen (secondary N) is 1. The van der Waals surface area contributed by atoms with Crippen LogP contribution in [0.25, 0.3) is 6.08 Å². The van der Waals surface area contributed by atoms with Gasteiger partial charge in [-0.3, -0.25) is 14.5 Å². The summed E-state index contributed by atoms with van der Waals surface area (Å²) in [5, 5.41) is 2.74. The number of thioether (sulfide) groups is 1. The number of anilines is 2. The normalized spacial score (nSPS) is 14.6. The van der Waals surface area contributed by atoms with E-state index in [4.69, 9.17) is 0 Å². The molecule has 6 heteroatoms. The molecule has 0 atom stereocenters. The van der Waals surface area contributed by atoms with Gasteiger partial charge in [0.05, 0.1) is 5.69 Å². The maximum absolute atomic E-state index is 13.3. The molecule has 0 unspecified atom stereocenters. The Morgan fingerprint density at radius 3 is 2.26 bits per heavy atom. The van der Waals surface area contributed by atoms with E-state index in [1.165, 1.54) is 6.92 Å². The van der Waals surface area contributed by atoms with Crippen LogP contribution in [0.5, 0.6) is 0 Å². The van der Waals surface area contributed by atoms with Crippen LogP contribution in [-0.2, 0) is 9.59 Å². The number of amidine groups is 1. The Labute approximate surface area is 185 Å².